The van der Waals surface area contributed by atoms with E-state index in [1.165, 1.54) is 0 Å². The molecule has 0 saturated heterocycles. The van der Waals surface area contributed by atoms with Gasteiger partial charge >= 0.3 is 6.03 Å². The molecule has 0 radical (unpaired) electrons. The number of hydrogen-bond acceptors (Lipinski definition) is 4. The Hall–Kier alpha value is -2.28. The van der Waals surface area contributed by atoms with Crippen molar-refractivity contribution >= 4 is 11.9 Å². The molecule has 134 valence electrons. The van der Waals surface area contributed by atoms with Crippen molar-refractivity contribution in [2.45, 2.75) is 32.9 Å². The first kappa shape index (κ1) is 19.8. The fourth-order valence-electron chi connectivity index (χ4n) is 2.30. The molecule has 24 heavy (non-hydrogen) atoms. The molecule has 7 heteroatoms. The van der Waals surface area contributed by atoms with E-state index < -0.39 is 11.6 Å². The normalized spacial score (nSPS) is 12.2. The number of rotatable bonds is 6. The SMILES string of the molecule is COc1cccc(C[NH+](C)CC(=O)NC(=O)NC(C)(C)C)c1OC. The van der Waals surface area contributed by atoms with Crippen molar-refractivity contribution < 1.29 is 24.0 Å². The van der Waals surface area contributed by atoms with E-state index in [4.69, 9.17) is 9.47 Å². The van der Waals surface area contributed by atoms with Crippen LogP contribution in [0.15, 0.2) is 18.2 Å². The van der Waals surface area contributed by atoms with Crippen molar-refractivity contribution in [3.8, 4) is 11.5 Å². The number of carbonyl (C=O) groups excluding carboxylic acids is 2. The van der Waals surface area contributed by atoms with Crippen molar-refractivity contribution in [2.24, 2.45) is 0 Å². The first-order chi connectivity index (χ1) is 11.2. The lowest BCUT2D eigenvalue weighted by molar-refractivity contribution is -0.885. The van der Waals surface area contributed by atoms with Crippen LogP contribution in [0.5, 0.6) is 11.5 Å². The van der Waals surface area contributed by atoms with E-state index in [2.05, 4.69) is 10.6 Å². The van der Waals surface area contributed by atoms with Crippen LogP contribution < -0.4 is 25.0 Å². The van der Waals surface area contributed by atoms with Crippen LogP contribution in [0, 0.1) is 0 Å². The van der Waals surface area contributed by atoms with Crippen molar-refractivity contribution in [3.05, 3.63) is 23.8 Å². The molecule has 1 rings (SSSR count). The summed E-state index contributed by atoms with van der Waals surface area (Å²) in [5, 5.41) is 5.03. The summed E-state index contributed by atoms with van der Waals surface area (Å²) < 4.78 is 10.7. The van der Waals surface area contributed by atoms with E-state index in [1.807, 2.05) is 46.0 Å². The second kappa shape index (κ2) is 8.54. The minimum absolute atomic E-state index is 0.165. The average Bonchev–Trinajstić information content (AvgIpc) is 2.44. The van der Waals surface area contributed by atoms with Crippen LogP contribution in [0.1, 0.15) is 26.3 Å². The summed E-state index contributed by atoms with van der Waals surface area (Å²) in [6, 6.07) is 5.14. The number of para-hydroxylation sites is 1. The van der Waals surface area contributed by atoms with Gasteiger partial charge in [-0.25, -0.2) is 4.79 Å². The van der Waals surface area contributed by atoms with E-state index in [1.54, 1.807) is 14.2 Å². The van der Waals surface area contributed by atoms with Gasteiger partial charge in [0, 0.05) is 5.54 Å². The van der Waals surface area contributed by atoms with Gasteiger partial charge in [0.2, 0.25) is 0 Å². The lowest BCUT2D eigenvalue weighted by atomic mass is 10.1. The van der Waals surface area contributed by atoms with Gasteiger partial charge in [-0.2, -0.15) is 0 Å². The van der Waals surface area contributed by atoms with E-state index >= 15 is 0 Å². The predicted octanol–water partition coefficient (Wildman–Crippen LogP) is 0.343. The zero-order valence-corrected chi connectivity index (χ0v) is 15.3. The molecule has 0 aliphatic carbocycles. The van der Waals surface area contributed by atoms with E-state index in [-0.39, 0.29) is 12.5 Å². The topological polar surface area (TPSA) is 81.1 Å². The lowest BCUT2D eigenvalue weighted by Crippen LogP contribution is -3.09. The molecule has 1 unspecified atom stereocenters. The van der Waals surface area contributed by atoms with Crippen LogP contribution in [-0.2, 0) is 11.3 Å². The fourth-order valence-corrected chi connectivity index (χ4v) is 2.30. The minimum Gasteiger partial charge on any atom is -0.493 e. The van der Waals surface area contributed by atoms with Crippen LogP contribution in [0.3, 0.4) is 0 Å². The first-order valence-electron chi connectivity index (χ1n) is 7.79. The number of nitrogens with one attached hydrogen (secondary N) is 3. The molecule has 0 aliphatic heterocycles. The Kier molecular flexibility index (Phi) is 7.03. The molecule has 0 aliphatic rings. The van der Waals surface area contributed by atoms with E-state index in [0.717, 1.165) is 10.5 Å². The maximum atomic E-state index is 12.0. The monoisotopic (exact) mass is 338 g/mol. The highest BCUT2D eigenvalue weighted by molar-refractivity contribution is 5.94. The van der Waals surface area contributed by atoms with Gasteiger partial charge in [-0.15, -0.1) is 0 Å². The predicted molar refractivity (Wildman–Crippen MR) is 91.4 cm³/mol. The van der Waals surface area contributed by atoms with Gasteiger partial charge in [0.25, 0.3) is 5.91 Å². The highest BCUT2D eigenvalue weighted by Crippen LogP contribution is 2.29. The molecule has 0 spiro atoms. The van der Waals surface area contributed by atoms with Crippen LogP contribution >= 0.6 is 0 Å². The number of carbonyl (C=O) groups is 2. The highest BCUT2D eigenvalue weighted by Gasteiger charge is 2.19. The summed E-state index contributed by atoms with van der Waals surface area (Å²) in [7, 11) is 5.04. The number of amides is 3. The molecular weight excluding hydrogens is 310 g/mol. The lowest BCUT2D eigenvalue weighted by Gasteiger charge is -2.21. The molecule has 0 bridgehead atoms. The smallest absolute Gasteiger partial charge is 0.322 e. The number of urea groups is 1. The Bertz CT molecular complexity index is 582. The van der Waals surface area contributed by atoms with E-state index in [0.29, 0.717) is 18.0 Å². The maximum absolute atomic E-state index is 12.0. The summed E-state index contributed by atoms with van der Waals surface area (Å²) >= 11 is 0. The summed E-state index contributed by atoms with van der Waals surface area (Å²) in [4.78, 5) is 24.6. The molecule has 7 nitrogen and oxygen atoms in total. The van der Waals surface area contributed by atoms with Gasteiger partial charge in [-0.1, -0.05) is 6.07 Å². The largest absolute Gasteiger partial charge is 0.493 e. The summed E-state index contributed by atoms with van der Waals surface area (Å²) in [6.07, 6.45) is 0. The molecule has 1 aromatic carbocycles. The standard InChI is InChI=1S/C17H27N3O4/c1-17(2,3)19-16(22)18-14(21)11-20(4)10-12-8-7-9-13(23-5)15(12)24-6/h7-9H,10-11H2,1-6H3,(H2,18,19,21,22)/p+1. The molecular formula is C17H28N3O4+. The van der Waals surface area contributed by atoms with E-state index in [9.17, 15) is 9.59 Å². The Labute approximate surface area is 143 Å². The third-order valence-corrected chi connectivity index (χ3v) is 3.18. The number of methoxy groups -OCH3 is 2. The zero-order valence-electron chi connectivity index (χ0n) is 15.3. The fraction of sp³-hybridized carbons (Fsp3) is 0.529. The highest BCUT2D eigenvalue weighted by atomic mass is 16.5. The van der Waals surface area contributed by atoms with Crippen molar-refractivity contribution in [2.75, 3.05) is 27.8 Å². The van der Waals surface area contributed by atoms with Crippen molar-refractivity contribution in [3.63, 3.8) is 0 Å². The van der Waals surface area contributed by atoms with Gasteiger partial charge in [-0.05, 0) is 32.9 Å². The second-order valence-electron chi connectivity index (χ2n) is 6.72. The van der Waals surface area contributed by atoms with Crippen molar-refractivity contribution in [1.29, 1.82) is 0 Å². The van der Waals surface area contributed by atoms with Crippen LogP contribution in [0.2, 0.25) is 0 Å². The van der Waals surface area contributed by atoms with Gasteiger partial charge < -0.3 is 19.7 Å². The molecule has 0 fully saturated rings. The molecule has 1 aromatic rings. The van der Waals surface area contributed by atoms with Crippen molar-refractivity contribution in [1.82, 2.24) is 10.6 Å². The van der Waals surface area contributed by atoms with Gasteiger partial charge in [0.15, 0.2) is 18.0 Å². The summed E-state index contributed by atoms with van der Waals surface area (Å²) in [5.41, 5.74) is 0.540. The first-order valence-corrected chi connectivity index (χ1v) is 7.79. The number of hydrogen-bond donors (Lipinski definition) is 3. The maximum Gasteiger partial charge on any atom is 0.322 e. The Morgan fingerprint density at radius 3 is 2.38 bits per heavy atom. The third kappa shape index (κ3) is 6.45. The number of ether oxygens (including phenoxy) is 2. The van der Waals surface area contributed by atoms with Crippen LogP contribution in [0.25, 0.3) is 0 Å². The average molecular weight is 338 g/mol. The Balaban J connectivity index is 2.62. The van der Waals surface area contributed by atoms with Crippen LogP contribution in [-0.4, -0.2) is 45.3 Å². The summed E-state index contributed by atoms with van der Waals surface area (Å²) in [6.45, 7) is 6.28. The quantitative estimate of drug-likeness (QED) is 0.699. The third-order valence-electron chi connectivity index (χ3n) is 3.18. The Morgan fingerprint density at radius 2 is 1.83 bits per heavy atom. The second-order valence-corrected chi connectivity index (χ2v) is 6.72. The number of quaternary nitrogens is 1. The Morgan fingerprint density at radius 1 is 1.17 bits per heavy atom. The molecule has 0 heterocycles. The minimum atomic E-state index is -0.487. The molecule has 0 saturated carbocycles. The summed E-state index contributed by atoms with van der Waals surface area (Å²) in [5.74, 6) is 0.971. The molecule has 3 N–H and O–H groups in total. The molecule has 3 amide bonds. The van der Waals surface area contributed by atoms with Gasteiger partial charge in [0.1, 0.15) is 6.54 Å². The molecule has 0 aromatic heterocycles. The van der Waals surface area contributed by atoms with Gasteiger partial charge in [0.05, 0.1) is 26.8 Å². The van der Waals surface area contributed by atoms with Crippen LogP contribution in [0.4, 0.5) is 4.79 Å². The number of benzene rings is 1. The number of imide groups is 1. The zero-order chi connectivity index (χ0) is 18.3. The van der Waals surface area contributed by atoms with Gasteiger partial charge in [-0.3, -0.25) is 10.1 Å². The molecule has 1 atom stereocenters. The number of likely N-dealkylation sites (N-methyl/N-ethyl adjacent to an activating group) is 1.